The standard InChI is InChI=1S/C22H38O4/c1-4-7-10-13-24-20-16-19(18-23)17-21(25-14-11-8-5-2)22(20)26-15-12-9-6-3/h16-17,23H,4-15,18H2,1-3H3. The van der Waals surface area contributed by atoms with Crippen molar-refractivity contribution in [3.05, 3.63) is 17.7 Å². The maximum absolute atomic E-state index is 9.59. The van der Waals surface area contributed by atoms with Gasteiger partial charge in [-0.3, -0.25) is 0 Å². The Hall–Kier alpha value is -1.42. The summed E-state index contributed by atoms with van der Waals surface area (Å²) >= 11 is 0. The summed E-state index contributed by atoms with van der Waals surface area (Å²) < 4.78 is 18.0. The fourth-order valence-electron chi connectivity index (χ4n) is 2.67. The molecule has 4 nitrogen and oxygen atoms in total. The lowest BCUT2D eigenvalue weighted by molar-refractivity contribution is 0.232. The lowest BCUT2D eigenvalue weighted by Gasteiger charge is -2.18. The van der Waals surface area contributed by atoms with E-state index in [0.29, 0.717) is 37.1 Å². The number of hydrogen-bond donors (Lipinski definition) is 1. The summed E-state index contributed by atoms with van der Waals surface area (Å²) in [7, 11) is 0. The van der Waals surface area contributed by atoms with Crippen LogP contribution in [0.15, 0.2) is 12.1 Å². The van der Waals surface area contributed by atoms with E-state index < -0.39 is 0 Å². The summed E-state index contributed by atoms with van der Waals surface area (Å²) in [6.45, 7) is 8.47. The molecule has 0 bridgehead atoms. The van der Waals surface area contributed by atoms with Gasteiger partial charge in [-0.2, -0.15) is 0 Å². The summed E-state index contributed by atoms with van der Waals surface area (Å²) in [4.78, 5) is 0. The van der Waals surface area contributed by atoms with Crippen LogP contribution >= 0.6 is 0 Å². The second-order valence-electron chi connectivity index (χ2n) is 6.75. The highest BCUT2D eigenvalue weighted by Gasteiger charge is 2.15. The van der Waals surface area contributed by atoms with Gasteiger partial charge < -0.3 is 19.3 Å². The molecule has 0 spiro atoms. The van der Waals surface area contributed by atoms with E-state index >= 15 is 0 Å². The molecule has 26 heavy (non-hydrogen) atoms. The van der Waals surface area contributed by atoms with Crippen LogP contribution in [0, 0.1) is 0 Å². The van der Waals surface area contributed by atoms with E-state index in [9.17, 15) is 5.11 Å². The van der Waals surface area contributed by atoms with Gasteiger partial charge in [-0.1, -0.05) is 59.3 Å². The molecule has 0 aliphatic rings. The molecule has 0 unspecified atom stereocenters. The zero-order valence-electron chi connectivity index (χ0n) is 17.0. The molecule has 0 amide bonds. The number of ether oxygens (including phenoxy) is 3. The van der Waals surface area contributed by atoms with Gasteiger partial charge in [0.1, 0.15) is 0 Å². The zero-order valence-corrected chi connectivity index (χ0v) is 17.0. The van der Waals surface area contributed by atoms with Crippen LogP contribution in [-0.2, 0) is 6.61 Å². The smallest absolute Gasteiger partial charge is 0.203 e. The van der Waals surface area contributed by atoms with Gasteiger partial charge in [-0.15, -0.1) is 0 Å². The second-order valence-corrected chi connectivity index (χ2v) is 6.75. The third-order valence-corrected chi connectivity index (χ3v) is 4.27. The molecule has 0 saturated heterocycles. The van der Waals surface area contributed by atoms with Crippen molar-refractivity contribution >= 4 is 0 Å². The monoisotopic (exact) mass is 366 g/mol. The fourth-order valence-corrected chi connectivity index (χ4v) is 2.67. The summed E-state index contributed by atoms with van der Waals surface area (Å²) in [5.41, 5.74) is 0.793. The molecule has 150 valence electrons. The summed E-state index contributed by atoms with van der Waals surface area (Å²) in [5.74, 6) is 2.07. The number of hydrogen-bond acceptors (Lipinski definition) is 4. The molecule has 0 saturated carbocycles. The van der Waals surface area contributed by atoms with Crippen molar-refractivity contribution in [1.29, 1.82) is 0 Å². The van der Waals surface area contributed by atoms with Gasteiger partial charge in [0.2, 0.25) is 5.75 Å². The molecule has 1 rings (SSSR count). The number of rotatable bonds is 16. The third-order valence-electron chi connectivity index (χ3n) is 4.27. The van der Waals surface area contributed by atoms with E-state index in [1.807, 2.05) is 12.1 Å². The first-order valence-corrected chi connectivity index (χ1v) is 10.4. The minimum Gasteiger partial charge on any atom is -0.490 e. The molecular formula is C22H38O4. The van der Waals surface area contributed by atoms with Gasteiger partial charge in [0.15, 0.2) is 11.5 Å². The number of aliphatic hydroxyl groups is 1. The van der Waals surface area contributed by atoms with Gasteiger partial charge in [0.05, 0.1) is 26.4 Å². The molecular weight excluding hydrogens is 328 g/mol. The van der Waals surface area contributed by atoms with Gasteiger partial charge >= 0.3 is 0 Å². The average Bonchev–Trinajstić information content (AvgIpc) is 2.66. The number of aliphatic hydroxyl groups excluding tert-OH is 1. The van der Waals surface area contributed by atoms with Crippen molar-refractivity contribution < 1.29 is 19.3 Å². The van der Waals surface area contributed by atoms with E-state index in [1.54, 1.807) is 0 Å². The highest BCUT2D eigenvalue weighted by molar-refractivity contribution is 5.53. The van der Waals surface area contributed by atoms with E-state index in [2.05, 4.69) is 20.8 Å². The Morgan fingerprint density at radius 3 is 1.46 bits per heavy atom. The van der Waals surface area contributed by atoms with E-state index in [-0.39, 0.29) is 6.61 Å². The summed E-state index contributed by atoms with van der Waals surface area (Å²) in [6.07, 6.45) is 9.96. The summed E-state index contributed by atoms with van der Waals surface area (Å²) in [6, 6.07) is 3.75. The Morgan fingerprint density at radius 2 is 1.08 bits per heavy atom. The SMILES string of the molecule is CCCCCOc1cc(CO)cc(OCCCCC)c1OCCCCC. The van der Waals surface area contributed by atoms with Gasteiger partial charge in [0.25, 0.3) is 0 Å². The predicted molar refractivity (Wildman–Crippen MR) is 107 cm³/mol. The van der Waals surface area contributed by atoms with E-state index in [1.165, 1.54) is 0 Å². The lowest BCUT2D eigenvalue weighted by atomic mass is 10.2. The quantitative estimate of drug-likeness (QED) is 0.371. The second kappa shape index (κ2) is 14.7. The molecule has 0 heterocycles. The molecule has 1 aromatic rings. The van der Waals surface area contributed by atoms with Crippen molar-refractivity contribution in [2.24, 2.45) is 0 Å². The molecule has 0 aliphatic heterocycles. The Balaban J connectivity index is 2.88. The number of unbranched alkanes of at least 4 members (excludes halogenated alkanes) is 6. The molecule has 0 aromatic heterocycles. The van der Waals surface area contributed by atoms with Gasteiger partial charge in [-0.25, -0.2) is 0 Å². The minimum absolute atomic E-state index is 0.0350. The maximum atomic E-state index is 9.59. The van der Waals surface area contributed by atoms with Crippen LogP contribution in [0.2, 0.25) is 0 Å². The third kappa shape index (κ3) is 8.79. The fraction of sp³-hybridized carbons (Fsp3) is 0.727. The van der Waals surface area contributed by atoms with Crippen LogP contribution in [0.4, 0.5) is 0 Å². The topological polar surface area (TPSA) is 47.9 Å². The van der Waals surface area contributed by atoms with Gasteiger partial charge in [0, 0.05) is 0 Å². The first-order valence-electron chi connectivity index (χ1n) is 10.4. The molecule has 0 fully saturated rings. The normalized spacial score (nSPS) is 10.8. The summed E-state index contributed by atoms with van der Waals surface area (Å²) in [5, 5.41) is 9.59. The van der Waals surface area contributed by atoms with Crippen LogP contribution in [0.3, 0.4) is 0 Å². The molecule has 1 N–H and O–H groups in total. The molecule has 1 aromatic carbocycles. The van der Waals surface area contributed by atoms with Crippen molar-refractivity contribution in [1.82, 2.24) is 0 Å². The van der Waals surface area contributed by atoms with Crippen LogP contribution < -0.4 is 14.2 Å². The van der Waals surface area contributed by atoms with Crippen LogP contribution in [-0.4, -0.2) is 24.9 Å². The Labute approximate surface area is 159 Å². The maximum Gasteiger partial charge on any atom is 0.203 e. The van der Waals surface area contributed by atoms with Crippen molar-refractivity contribution in [2.75, 3.05) is 19.8 Å². The Kier molecular flexibility index (Phi) is 12.8. The zero-order chi connectivity index (χ0) is 19.0. The largest absolute Gasteiger partial charge is 0.490 e. The highest BCUT2D eigenvalue weighted by Crippen LogP contribution is 2.39. The first kappa shape index (κ1) is 22.6. The Morgan fingerprint density at radius 1 is 0.654 bits per heavy atom. The molecule has 0 atom stereocenters. The number of benzene rings is 1. The average molecular weight is 367 g/mol. The molecule has 4 heteroatoms. The highest BCUT2D eigenvalue weighted by atomic mass is 16.5. The minimum atomic E-state index is -0.0350. The van der Waals surface area contributed by atoms with Crippen molar-refractivity contribution in [3.63, 3.8) is 0 Å². The van der Waals surface area contributed by atoms with Crippen molar-refractivity contribution in [2.45, 2.75) is 85.2 Å². The first-order chi connectivity index (χ1) is 12.8. The van der Waals surface area contributed by atoms with Crippen LogP contribution in [0.1, 0.15) is 84.1 Å². The Bertz CT molecular complexity index is 440. The van der Waals surface area contributed by atoms with Crippen molar-refractivity contribution in [3.8, 4) is 17.2 Å². The molecule has 0 radical (unpaired) electrons. The predicted octanol–water partition coefficient (Wildman–Crippen LogP) is 5.89. The van der Waals surface area contributed by atoms with Crippen LogP contribution in [0.25, 0.3) is 0 Å². The van der Waals surface area contributed by atoms with Crippen LogP contribution in [0.5, 0.6) is 17.2 Å². The van der Waals surface area contributed by atoms with Gasteiger partial charge in [-0.05, 0) is 37.0 Å². The van der Waals surface area contributed by atoms with E-state index in [0.717, 1.165) is 63.4 Å². The lowest BCUT2D eigenvalue weighted by Crippen LogP contribution is -2.07. The molecule has 0 aliphatic carbocycles. The van der Waals surface area contributed by atoms with E-state index in [4.69, 9.17) is 14.2 Å².